The lowest BCUT2D eigenvalue weighted by atomic mass is 9.64. The number of alkyl halides is 3. The normalized spacial score (nSPS) is 20.3. The van der Waals surface area contributed by atoms with Crippen molar-refractivity contribution in [1.29, 1.82) is 0 Å². The molecule has 35 heavy (non-hydrogen) atoms. The Morgan fingerprint density at radius 3 is 2.29 bits per heavy atom. The van der Waals surface area contributed by atoms with Gasteiger partial charge in [0, 0.05) is 18.3 Å². The number of urea groups is 1. The number of nitrogens with one attached hydrogen (secondary N) is 1. The maximum Gasteiger partial charge on any atom is 0.398 e. The average molecular weight is 509 g/mol. The molecule has 0 unspecified atom stereocenters. The minimum atomic E-state index is -4.36. The maximum atomic E-state index is 13.7. The Morgan fingerprint density at radius 2 is 1.71 bits per heavy atom. The number of carbonyl (C=O) groups excluding carboxylic acids is 3. The third-order valence-corrected chi connectivity index (χ3v) is 7.33. The van der Waals surface area contributed by atoms with Crippen LogP contribution < -0.4 is 10.2 Å². The van der Waals surface area contributed by atoms with E-state index in [0.29, 0.717) is 23.4 Å². The van der Waals surface area contributed by atoms with Gasteiger partial charge in [-0.05, 0) is 56.0 Å². The number of amides is 4. The molecule has 1 N–H and O–H groups in total. The van der Waals surface area contributed by atoms with Gasteiger partial charge in [0.1, 0.15) is 11.4 Å². The van der Waals surface area contributed by atoms with Gasteiger partial charge in [-0.15, -0.1) is 12.4 Å². The summed E-state index contributed by atoms with van der Waals surface area (Å²) >= 11 is 0. The highest BCUT2D eigenvalue weighted by molar-refractivity contribution is 6.23. The van der Waals surface area contributed by atoms with Crippen LogP contribution in [0.1, 0.15) is 49.8 Å². The summed E-state index contributed by atoms with van der Waals surface area (Å²) in [5.41, 5.74) is -1.29. The molecule has 11 heteroatoms. The van der Waals surface area contributed by atoms with E-state index in [0.717, 1.165) is 4.90 Å². The number of carbonyl (C=O) groups is 3. The molecule has 2 aromatic rings. The minimum Gasteiger partial charge on any atom is -0.310 e. The van der Waals surface area contributed by atoms with Gasteiger partial charge >= 0.3 is 12.2 Å². The molecule has 1 aromatic carbocycles. The summed E-state index contributed by atoms with van der Waals surface area (Å²) < 4.78 is 41.1. The van der Waals surface area contributed by atoms with E-state index in [4.69, 9.17) is 0 Å². The number of pyridine rings is 1. The van der Waals surface area contributed by atoms with E-state index < -0.39 is 29.1 Å². The zero-order chi connectivity index (χ0) is 24.5. The molecule has 0 radical (unpaired) electrons. The average Bonchev–Trinajstić information content (AvgIpc) is 3.18. The Balaban J connectivity index is 0.00000289. The number of hydrogen-bond donors (Lipinski definition) is 1. The van der Waals surface area contributed by atoms with E-state index in [9.17, 15) is 27.6 Å². The van der Waals surface area contributed by atoms with E-state index in [-0.39, 0.29) is 55.4 Å². The lowest BCUT2D eigenvalue weighted by Gasteiger charge is -2.43. The van der Waals surface area contributed by atoms with E-state index in [2.05, 4.69) is 10.3 Å². The van der Waals surface area contributed by atoms with Crippen LogP contribution in [0.15, 0.2) is 36.5 Å². The summed E-state index contributed by atoms with van der Waals surface area (Å²) in [5, 5.41) is 2.66. The first-order valence-electron chi connectivity index (χ1n) is 11.1. The topological polar surface area (TPSA) is 82.6 Å². The van der Waals surface area contributed by atoms with Crippen molar-refractivity contribution >= 4 is 41.8 Å². The molecule has 1 saturated carbocycles. The molecule has 0 spiro atoms. The van der Waals surface area contributed by atoms with Crippen molar-refractivity contribution in [3.05, 3.63) is 53.2 Å². The number of benzene rings is 1. The van der Waals surface area contributed by atoms with Crippen LogP contribution in [0.25, 0.3) is 0 Å². The molecule has 3 heterocycles. The number of rotatable bonds is 4. The lowest BCUT2D eigenvalue weighted by molar-refractivity contribution is -0.212. The number of halogens is 4. The molecular formula is C24H24ClF3N4O3. The monoisotopic (exact) mass is 508 g/mol. The predicted octanol–water partition coefficient (Wildman–Crippen LogP) is 4.73. The fourth-order valence-electron chi connectivity index (χ4n) is 5.02. The highest BCUT2D eigenvalue weighted by Crippen LogP contribution is 2.54. The standard InChI is InChI=1S/C24H23F3N4O3.ClH/c1-22(2)20(33)31(16-6-4-15(5-7-16)23(9-3-10-23)24(25,26)27)21(34)30(22)13-14-8-11-28-19-17(14)12-18(32)29-19;/h4-8,11H,3,9-10,12-13H2,1-2H3,(H,28,29,32);1H. The van der Waals surface area contributed by atoms with Crippen molar-refractivity contribution in [1.82, 2.24) is 9.88 Å². The van der Waals surface area contributed by atoms with E-state index in [1.54, 1.807) is 19.9 Å². The van der Waals surface area contributed by atoms with Crippen molar-refractivity contribution in [2.45, 2.75) is 63.2 Å². The first kappa shape index (κ1) is 25.0. The Bertz CT molecular complexity index is 1210. The Kier molecular flexibility index (Phi) is 5.86. The van der Waals surface area contributed by atoms with Gasteiger partial charge in [0.2, 0.25) is 5.91 Å². The van der Waals surface area contributed by atoms with Gasteiger partial charge in [-0.2, -0.15) is 13.2 Å². The highest BCUT2D eigenvalue weighted by atomic mass is 35.5. The molecule has 3 aliphatic rings. The molecule has 186 valence electrons. The number of fused-ring (bicyclic) bond motifs is 1. The quantitative estimate of drug-likeness (QED) is 0.605. The summed E-state index contributed by atoms with van der Waals surface area (Å²) in [6.45, 7) is 3.34. The van der Waals surface area contributed by atoms with Crippen LogP contribution in [-0.2, 0) is 28.0 Å². The highest BCUT2D eigenvalue weighted by Gasteiger charge is 2.59. The largest absolute Gasteiger partial charge is 0.398 e. The van der Waals surface area contributed by atoms with Crippen LogP contribution in [0, 0.1) is 0 Å². The lowest BCUT2D eigenvalue weighted by Crippen LogP contribution is -2.47. The summed E-state index contributed by atoms with van der Waals surface area (Å²) in [4.78, 5) is 45.0. The number of imide groups is 1. The smallest absolute Gasteiger partial charge is 0.310 e. The minimum absolute atomic E-state index is 0. The van der Waals surface area contributed by atoms with Gasteiger partial charge < -0.3 is 10.2 Å². The van der Waals surface area contributed by atoms with Crippen molar-refractivity contribution in [2.24, 2.45) is 0 Å². The van der Waals surface area contributed by atoms with Crippen LogP contribution in [0.5, 0.6) is 0 Å². The number of nitrogens with zero attached hydrogens (tertiary/aromatic N) is 3. The molecule has 1 aliphatic carbocycles. The number of hydrogen-bond acceptors (Lipinski definition) is 4. The summed E-state index contributed by atoms with van der Waals surface area (Å²) in [5.74, 6) is -0.220. The Hall–Kier alpha value is -3.14. The van der Waals surface area contributed by atoms with Crippen LogP contribution >= 0.6 is 12.4 Å². The SMILES string of the molecule is CC1(C)C(=O)N(c2ccc(C3(C(F)(F)F)CCC3)cc2)C(=O)N1Cc1ccnc2c1CC(=O)N2.Cl. The molecule has 7 nitrogen and oxygen atoms in total. The fraction of sp³-hybridized carbons (Fsp3) is 0.417. The summed E-state index contributed by atoms with van der Waals surface area (Å²) in [6.07, 6.45) is -2.11. The third kappa shape index (κ3) is 3.65. The van der Waals surface area contributed by atoms with Crippen LogP contribution in [-0.4, -0.2) is 39.4 Å². The van der Waals surface area contributed by atoms with E-state index in [1.807, 2.05) is 0 Å². The first-order valence-corrected chi connectivity index (χ1v) is 11.1. The third-order valence-electron chi connectivity index (χ3n) is 7.33. The molecule has 1 saturated heterocycles. The molecular weight excluding hydrogens is 485 g/mol. The van der Waals surface area contributed by atoms with Crippen LogP contribution in [0.4, 0.5) is 29.5 Å². The molecule has 0 atom stereocenters. The first-order chi connectivity index (χ1) is 16.0. The van der Waals surface area contributed by atoms with Gasteiger partial charge in [0.25, 0.3) is 5.91 Å². The second-order valence-electron chi connectivity index (χ2n) is 9.57. The van der Waals surface area contributed by atoms with Crippen molar-refractivity contribution in [2.75, 3.05) is 10.2 Å². The fourth-order valence-corrected chi connectivity index (χ4v) is 5.02. The van der Waals surface area contributed by atoms with Crippen LogP contribution in [0.2, 0.25) is 0 Å². The Morgan fingerprint density at radius 1 is 1.06 bits per heavy atom. The van der Waals surface area contributed by atoms with E-state index in [1.165, 1.54) is 35.4 Å². The predicted molar refractivity (Wildman–Crippen MR) is 124 cm³/mol. The zero-order valence-electron chi connectivity index (χ0n) is 19.1. The van der Waals surface area contributed by atoms with Crippen molar-refractivity contribution < 1.29 is 27.6 Å². The van der Waals surface area contributed by atoms with Gasteiger partial charge in [-0.3, -0.25) is 9.59 Å². The van der Waals surface area contributed by atoms with Gasteiger partial charge in [-0.25, -0.2) is 14.7 Å². The van der Waals surface area contributed by atoms with Crippen molar-refractivity contribution in [3.8, 4) is 0 Å². The Labute approximate surface area is 206 Å². The second-order valence-corrected chi connectivity index (χ2v) is 9.57. The van der Waals surface area contributed by atoms with Crippen LogP contribution in [0.3, 0.4) is 0 Å². The summed E-state index contributed by atoms with van der Waals surface area (Å²) in [6, 6.07) is 6.68. The molecule has 4 amide bonds. The molecule has 2 fully saturated rings. The van der Waals surface area contributed by atoms with Crippen molar-refractivity contribution in [3.63, 3.8) is 0 Å². The summed E-state index contributed by atoms with van der Waals surface area (Å²) in [7, 11) is 0. The van der Waals surface area contributed by atoms with Gasteiger partial charge in [0.05, 0.1) is 17.5 Å². The van der Waals surface area contributed by atoms with E-state index >= 15 is 0 Å². The van der Waals surface area contributed by atoms with Gasteiger partial charge in [-0.1, -0.05) is 18.6 Å². The molecule has 5 rings (SSSR count). The second kappa shape index (κ2) is 8.22. The molecule has 2 aliphatic heterocycles. The number of anilines is 2. The molecule has 0 bridgehead atoms. The zero-order valence-corrected chi connectivity index (χ0v) is 19.9. The van der Waals surface area contributed by atoms with Gasteiger partial charge in [0.15, 0.2) is 0 Å². The number of aromatic nitrogens is 1. The molecule has 1 aromatic heterocycles. The maximum absolute atomic E-state index is 13.7.